The average molecular weight is 293 g/mol. The van der Waals surface area contributed by atoms with E-state index in [1.54, 1.807) is 0 Å². The second-order valence-corrected chi connectivity index (χ2v) is 5.96. The number of benzene rings is 1. The van der Waals surface area contributed by atoms with Crippen LogP contribution in [0, 0.1) is 0 Å². The molecule has 2 atom stereocenters. The van der Waals surface area contributed by atoms with Crippen molar-refractivity contribution in [2.45, 2.75) is 64.0 Å². The molecule has 0 fully saturated rings. The number of rotatable bonds is 11. The topological polar surface area (TPSA) is 55.5 Å². The third-order valence-corrected chi connectivity index (χ3v) is 4.05. The van der Waals surface area contributed by atoms with Crippen LogP contribution >= 0.6 is 0 Å². The molecule has 0 saturated carbocycles. The minimum atomic E-state index is -0.705. The predicted molar refractivity (Wildman–Crippen MR) is 88.2 cm³/mol. The first kappa shape index (κ1) is 18.1. The number of unbranched alkanes of at least 4 members (excludes halogenated alkanes) is 3. The van der Waals surface area contributed by atoms with Crippen molar-refractivity contribution in [3.8, 4) is 0 Å². The highest BCUT2D eigenvalue weighted by Gasteiger charge is 2.26. The fraction of sp³-hybridized carbons (Fsp3) is 0.667. The Balaban J connectivity index is 2.32. The summed E-state index contributed by atoms with van der Waals surface area (Å²) in [5, 5.41) is 9.62. The molecule has 1 aromatic rings. The first-order chi connectivity index (χ1) is 10.1. The first-order valence-corrected chi connectivity index (χ1v) is 8.19. The van der Waals surface area contributed by atoms with Crippen LogP contribution in [0.25, 0.3) is 0 Å². The fourth-order valence-electron chi connectivity index (χ4n) is 2.47. The van der Waals surface area contributed by atoms with Gasteiger partial charge in [-0.25, -0.2) is 0 Å². The Morgan fingerprint density at radius 3 is 2.52 bits per heavy atom. The van der Waals surface area contributed by atoms with Crippen molar-refractivity contribution in [1.82, 2.24) is 0 Å². The van der Waals surface area contributed by atoms with Crippen LogP contribution in [-0.4, -0.2) is 24.4 Å². The number of aliphatic hydroxyl groups excluding tert-OH is 1. The van der Waals surface area contributed by atoms with Crippen molar-refractivity contribution in [2.24, 2.45) is 5.73 Å². The Bertz CT molecular complexity index is 369. The van der Waals surface area contributed by atoms with E-state index in [0.29, 0.717) is 13.0 Å². The van der Waals surface area contributed by atoms with Crippen LogP contribution in [0.3, 0.4) is 0 Å². The quantitative estimate of drug-likeness (QED) is 0.613. The highest BCUT2D eigenvalue weighted by atomic mass is 16.5. The molecule has 3 heteroatoms. The largest absolute Gasteiger partial charge is 0.394 e. The molecule has 120 valence electrons. The molecule has 0 radical (unpaired) electrons. The second-order valence-electron chi connectivity index (χ2n) is 5.96. The van der Waals surface area contributed by atoms with E-state index in [-0.39, 0.29) is 12.7 Å². The highest BCUT2D eigenvalue weighted by molar-refractivity contribution is 5.23. The third kappa shape index (κ3) is 6.60. The van der Waals surface area contributed by atoms with Crippen LogP contribution in [-0.2, 0) is 10.3 Å². The lowest BCUT2D eigenvalue weighted by Gasteiger charge is -2.28. The van der Waals surface area contributed by atoms with Gasteiger partial charge >= 0.3 is 0 Å². The molecular weight excluding hydrogens is 262 g/mol. The lowest BCUT2D eigenvalue weighted by molar-refractivity contribution is 0.0381. The number of hydrogen-bond acceptors (Lipinski definition) is 3. The minimum Gasteiger partial charge on any atom is -0.394 e. The van der Waals surface area contributed by atoms with Crippen LogP contribution in [0.2, 0.25) is 0 Å². The number of ether oxygens (including phenoxy) is 1. The minimum absolute atomic E-state index is 0.0642. The zero-order valence-corrected chi connectivity index (χ0v) is 13.6. The molecule has 2 unspecified atom stereocenters. The summed E-state index contributed by atoms with van der Waals surface area (Å²) in [6.45, 7) is 4.86. The van der Waals surface area contributed by atoms with Crippen molar-refractivity contribution >= 4 is 0 Å². The van der Waals surface area contributed by atoms with Gasteiger partial charge in [-0.2, -0.15) is 0 Å². The normalized spacial score (nSPS) is 15.6. The van der Waals surface area contributed by atoms with E-state index >= 15 is 0 Å². The van der Waals surface area contributed by atoms with E-state index in [1.165, 1.54) is 25.7 Å². The molecule has 0 bridgehead atoms. The van der Waals surface area contributed by atoms with E-state index in [9.17, 15) is 5.11 Å². The summed E-state index contributed by atoms with van der Waals surface area (Å²) >= 11 is 0. The van der Waals surface area contributed by atoms with Crippen molar-refractivity contribution < 1.29 is 9.84 Å². The fourth-order valence-corrected chi connectivity index (χ4v) is 2.47. The van der Waals surface area contributed by atoms with Crippen LogP contribution < -0.4 is 5.73 Å². The average Bonchev–Trinajstić information content (AvgIpc) is 2.52. The zero-order chi connectivity index (χ0) is 15.6. The van der Waals surface area contributed by atoms with E-state index in [2.05, 4.69) is 13.8 Å². The summed E-state index contributed by atoms with van der Waals surface area (Å²) in [6.07, 6.45) is 7.07. The van der Waals surface area contributed by atoms with E-state index < -0.39 is 5.54 Å². The standard InChI is InChI=1S/C18H31NO2/c1-3-4-5-7-10-16(2)21-14-13-18(19,15-20)17-11-8-6-9-12-17/h6,8-9,11-12,16,20H,3-5,7,10,13-15,19H2,1-2H3. The monoisotopic (exact) mass is 293 g/mol. The Labute approximate surface area is 129 Å². The summed E-state index contributed by atoms with van der Waals surface area (Å²) in [5.74, 6) is 0. The lowest BCUT2D eigenvalue weighted by atomic mass is 9.89. The van der Waals surface area contributed by atoms with Gasteiger partial charge in [0, 0.05) is 6.61 Å². The second kappa shape index (κ2) is 9.93. The molecule has 1 aromatic carbocycles. The van der Waals surface area contributed by atoms with Gasteiger partial charge in [0.2, 0.25) is 0 Å². The molecule has 0 aromatic heterocycles. The van der Waals surface area contributed by atoms with E-state index in [4.69, 9.17) is 10.5 Å². The van der Waals surface area contributed by atoms with Crippen LogP contribution in [0.15, 0.2) is 30.3 Å². The maximum absolute atomic E-state index is 9.62. The Morgan fingerprint density at radius 1 is 1.19 bits per heavy atom. The predicted octanol–water partition coefficient (Wildman–Crippen LogP) is 3.60. The van der Waals surface area contributed by atoms with Crippen LogP contribution in [0.4, 0.5) is 0 Å². The Morgan fingerprint density at radius 2 is 1.90 bits per heavy atom. The van der Waals surface area contributed by atoms with Gasteiger partial charge in [0.1, 0.15) is 0 Å². The first-order valence-electron chi connectivity index (χ1n) is 8.19. The van der Waals surface area contributed by atoms with Crippen molar-refractivity contribution in [3.63, 3.8) is 0 Å². The van der Waals surface area contributed by atoms with Crippen molar-refractivity contribution in [3.05, 3.63) is 35.9 Å². The maximum atomic E-state index is 9.62. The van der Waals surface area contributed by atoms with E-state index in [1.807, 2.05) is 30.3 Å². The van der Waals surface area contributed by atoms with Gasteiger partial charge in [0.25, 0.3) is 0 Å². The highest BCUT2D eigenvalue weighted by Crippen LogP contribution is 2.22. The van der Waals surface area contributed by atoms with E-state index in [0.717, 1.165) is 12.0 Å². The third-order valence-electron chi connectivity index (χ3n) is 4.05. The van der Waals surface area contributed by atoms with Gasteiger partial charge in [0.15, 0.2) is 0 Å². The van der Waals surface area contributed by atoms with Gasteiger partial charge in [-0.15, -0.1) is 0 Å². The van der Waals surface area contributed by atoms with Gasteiger partial charge in [-0.3, -0.25) is 0 Å². The van der Waals surface area contributed by atoms with Crippen molar-refractivity contribution in [1.29, 1.82) is 0 Å². The molecule has 0 amide bonds. The molecule has 3 nitrogen and oxygen atoms in total. The molecular formula is C18H31NO2. The van der Waals surface area contributed by atoms with Crippen LogP contribution in [0.1, 0.15) is 57.9 Å². The molecule has 1 rings (SSSR count). The number of aliphatic hydroxyl groups is 1. The molecule has 21 heavy (non-hydrogen) atoms. The smallest absolute Gasteiger partial charge is 0.0666 e. The summed E-state index contributed by atoms with van der Waals surface area (Å²) in [7, 11) is 0. The number of hydrogen-bond donors (Lipinski definition) is 2. The molecule has 0 saturated heterocycles. The van der Waals surface area contributed by atoms with Gasteiger partial charge in [-0.1, -0.05) is 62.9 Å². The summed E-state index contributed by atoms with van der Waals surface area (Å²) in [5.41, 5.74) is 6.57. The molecule has 0 aliphatic rings. The van der Waals surface area contributed by atoms with Crippen molar-refractivity contribution in [2.75, 3.05) is 13.2 Å². The summed E-state index contributed by atoms with van der Waals surface area (Å²) < 4.78 is 5.85. The number of nitrogens with two attached hydrogens (primary N) is 1. The SMILES string of the molecule is CCCCCCC(C)OCCC(N)(CO)c1ccccc1. The molecule has 0 heterocycles. The molecule has 0 aliphatic heterocycles. The molecule has 3 N–H and O–H groups in total. The maximum Gasteiger partial charge on any atom is 0.0666 e. The molecule has 0 aliphatic carbocycles. The Kier molecular flexibility index (Phi) is 8.58. The van der Waals surface area contributed by atoms with Gasteiger partial charge in [0.05, 0.1) is 18.2 Å². The Hall–Kier alpha value is -0.900. The molecule has 0 spiro atoms. The summed E-state index contributed by atoms with van der Waals surface area (Å²) in [6, 6.07) is 9.78. The van der Waals surface area contributed by atoms with Crippen LogP contribution in [0.5, 0.6) is 0 Å². The summed E-state index contributed by atoms with van der Waals surface area (Å²) in [4.78, 5) is 0. The van der Waals surface area contributed by atoms with Gasteiger partial charge < -0.3 is 15.6 Å². The van der Waals surface area contributed by atoms with Gasteiger partial charge in [-0.05, 0) is 25.3 Å². The lowest BCUT2D eigenvalue weighted by Crippen LogP contribution is -2.41. The zero-order valence-electron chi connectivity index (χ0n) is 13.6.